The molecule has 1 aliphatic heterocycles. The molecule has 0 spiro atoms. The van der Waals surface area contributed by atoms with Gasteiger partial charge in [0.15, 0.2) is 18.2 Å². The van der Waals surface area contributed by atoms with Crippen LogP contribution in [0.1, 0.15) is 40.9 Å². The highest BCUT2D eigenvalue weighted by Gasteiger charge is 2.19. The average molecular weight is 1040 g/mol. The fraction of sp³-hybridized carbons (Fsp3) is 0.431. The van der Waals surface area contributed by atoms with Crippen LogP contribution in [0.4, 0.5) is 4.39 Å². The number of nitrogens with one attached hydrogen (secondary N) is 2. The molecule has 15 nitrogen and oxygen atoms in total. The number of hydrogen-bond acceptors (Lipinski definition) is 13. The van der Waals surface area contributed by atoms with Crippen LogP contribution in [0.25, 0.3) is 54.4 Å². The third-order valence-corrected chi connectivity index (χ3v) is 14.7. The van der Waals surface area contributed by atoms with E-state index in [1.165, 1.54) is 49.4 Å². The Kier molecular flexibility index (Phi) is 19.1. The minimum atomic E-state index is -0.521. The topological polar surface area (TPSA) is 149 Å². The van der Waals surface area contributed by atoms with Gasteiger partial charge in [0.1, 0.15) is 11.6 Å². The van der Waals surface area contributed by atoms with Crippen LogP contribution in [0.2, 0.25) is 0 Å². The van der Waals surface area contributed by atoms with Gasteiger partial charge in [-0.15, -0.1) is 11.3 Å². The molecule has 0 aliphatic carbocycles. The first-order chi connectivity index (χ1) is 36.7. The number of aryl methyl sites for hydroxylation is 6. The largest absolute Gasteiger partial charge is 0.481 e. The first-order valence-electron chi connectivity index (χ1n) is 26.2. The predicted octanol–water partition coefficient (Wildman–Crippen LogP) is 9.08. The van der Waals surface area contributed by atoms with Crippen molar-refractivity contribution in [2.75, 3.05) is 105 Å². The Balaban J connectivity index is 0.599. The summed E-state index contributed by atoms with van der Waals surface area (Å²) in [6.45, 7) is 19.1. The fourth-order valence-corrected chi connectivity index (χ4v) is 10.6. The van der Waals surface area contributed by atoms with Gasteiger partial charge in [0, 0.05) is 91.0 Å². The minimum absolute atomic E-state index is 0.0212. The van der Waals surface area contributed by atoms with Crippen LogP contribution < -0.4 is 15.4 Å². The Morgan fingerprint density at radius 1 is 0.733 bits per heavy atom. The fourth-order valence-electron chi connectivity index (χ4n) is 9.74. The molecule has 8 aromatic rings. The highest BCUT2D eigenvalue weighted by molar-refractivity contribution is 7.13. The number of morpholine rings is 1. The zero-order valence-electron chi connectivity index (χ0n) is 43.7. The smallest absolute Gasteiger partial charge is 0.258 e. The first kappa shape index (κ1) is 53.8. The second-order valence-electron chi connectivity index (χ2n) is 18.9. The van der Waals surface area contributed by atoms with Crippen LogP contribution in [0, 0.1) is 26.6 Å². The van der Waals surface area contributed by atoms with Crippen molar-refractivity contribution < 1.29 is 42.1 Å². The van der Waals surface area contributed by atoms with Crippen LogP contribution >= 0.6 is 11.3 Å². The standard InChI is InChI=1S/C58H70FN7O8S/c1-5-65-51-12-6-44(33-48(51)47-11-9-45(36-53(47)65)55-32-40(2)39-75-55)37-60-16-22-68-26-28-71-30-31-72-29-27-69-23-17-61-57(67)38-73-54-14-7-43(34-49(54)59)8-15-56-62-50-35-46(58-41(3)63-74-42(58)4)10-13-52(50)66(56)19-18-64-20-24-70-25-21-64/h6-7,9-14,32-36,39,60H,5,8,15-31,37-38H2,1-4H3,(H,61,67). The number of imidazole rings is 1. The van der Waals surface area contributed by atoms with Gasteiger partial charge >= 0.3 is 0 Å². The van der Waals surface area contributed by atoms with Crippen LogP contribution in [-0.4, -0.2) is 135 Å². The number of aromatic nitrogens is 4. The minimum Gasteiger partial charge on any atom is -0.481 e. The molecule has 1 aliphatic rings. The molecule has 0 bridgehead atoms. The highest BCUT2D eigenvalue weighted by Crippen LogP contribution is 2.35. The number of carbonyl (C=O) groups is 1. The number of fused-ring (bicyclic) bond motifs is 4. The van der Waals surface area contributed by atoms with Gasteiger partial charge in [-0.05, 0) is 116 Å². The molecule has 1 fully saturated rings. The van der Waals surface area contributed by atoms with E-state index >= 15 is 4.39 Å². The van der Waals surface area contributed by atoms with E-state index in [-0.39, 0.29) is 18.3 Å². The molecule has 4 aromatic carbocycles. The molecule has 0 atom stereocenters. The van der Waals surface area contributed by atoms with Crippen molar-refractivity contribution in [1.29, 1.82) is 0 Å². The number of ether oxygens (including phenoxy) is 6. The molecule has 75 heavy (non-hydrogen) atoms. The van der Waals surface area contributed by atoms with Crippen LogP contribution in [0.3, 0.4) is 0 Å². The monoisotopic (exact) mass is 1040 g/mol. The molecule has 398 valence electrons. The molecule has 2 N–H and O–H groups in total. The lowest BCUT2D eigenvalue weighted by atomic mass is 10.0. The Labute approximate surface area is 442 Å². The maximum atomic E-state index is 15.2. The van der Waals surface area contributed by atoms with Gasteiger partial charge < -0.3 is 52.7 Å². The van der Waals surface area contributed by atoms with E-state index in [1.54, 1.807) is 17.4 Å². The summed E-state index contributed by atoms with van der Waals surface area (Å²) in [6, 6.07) is 27.1. The lowest BCUT2D eigenvalue weighted by Crippen LogP contribution is -2.38. The van der Waals surface area contributed by atoms with Crippen molar-refractivity contribution in [3.63, 3.8) is 0 Å². The zero-order chi connectivity index (χ0) is 51.9. The van der Waals surface area contributed by atoms with Crippen molar-refractivity contribution in [2.45, 2.75) is 60.2 Å². The molecule has 1 saturated heterocycles. The molecule has 0 unspecified atom stereocenters. The maximum Gasteiger partial charge on any atom is 0.258 e. The lowest BCUT2D eigenvalue weighted by molar-refractivity contribution is -0.123. The Morgan fingerprint density at radius 3 is 2.19 bits per heavy atom. The molecular formula is C58H70FN7O8S. The van der Waals surface area contributed by atoms with E-state index in [9.17, 15) is 4.79 Å². The van der Waals surface area contributed by atoms with E-state index in [1.807, 2.05) is 19.9 Å². The van der Waals surface area contributed by atoms with Gasteiger partial charge in [-0.3, -0.25) is 9.69 Å². The van der Waals surface area contributed by atoms with Gasteiger partial charge in [0.05, 0.1) is 82.8 Å². The number of halogens is 1. The van der Waals surface area contributed by atoms with E-state index < -0.39 is 5.82 Å². The highest BCUT2D eigenvalue weighted by atomic mass is 32.1. The molecular weight excluding hydrogens is 974 g/mol. The lowest BCUT2D eigenvalue weighted by Gasteiger charge is -2.27. The molecule has 4 aromatic heterocycles. The summed E-state index contributed by atoms with van der Waals surface area (Å²) < 4.78 is 59.1. The average Bonchev–Trinajstić information content (AvgIpc) is 4.20. The third-order valence-electron chi connectivity index (χ3n) is 13.6. The van der Waals surface area contributed by atoms with E-state index in [0.717, 1.165) is 104 Å². The van der Waals surface area contributed by atoms with Crippen molar-refractivity contribution >= 4 is 50.1 Å². The molecule has 9 rings (SSSR count). The summed E-state index contributed by atoms with van der Waals surface area (Å²) in [5.74, 6) is 0.836. The summed E-state index contributed by atoms with van der Waals surface area (Å²) in [5, 5.41) is 15.2. The van der Waals surface area contributed by atoms with Crippen molar-refractivity contribution in [3.8, 4) is 27.3 Å². The number of nitrogens with zero attached hydrogens (tertiary/aromatic N) is 5. The van der Waals surface area contributed by atoms with E-state index in [2.05, 4.69) is 110 Å². The summed E-state index contributed by atoms with van der Waals surface area (Å²) in [7, 11) is 0. The van der Waals surface area contributed by atoms with Gasteiger partial charge in [-0.25, -0.2) is 9.37 Å². The molecule has 5 heterocycles. The molecule has 0 saturated carbocycles. The van der Waals surface area contributed by atoms with Crippen molar-refractivity contribution in [3.05, 3.63) is 124 Å². The number of rotatable bonds is 29. The Hall–Kier alpha value is -6.02. The first-order valence-corrected chi connectivity index (χ1v) is 27.1. The van der Waals surface area contributed by atoms with Gasteiger partial charge in [-0.1, -0.05) is 35.5 Å². The zero-order valence-corrected chi connectivity index (χ0v) is 44.5. The van der Waals surface area contributed by atoms with Crippen LogP contribution in [-0.2, 0) is 61.0 Å². The predicted molar refractivity (Wildman–Crippen MR) is 292 cm³/mol. The second-order valence-corrected chi connectivity index (χ2v) is 19.8. The number of carbonyl (C=O) groups excluding carboxylic acids is 1. The van der Waals surface area contributed by atoms with E-state index in [4.69, 9.17) is 37.9 Å². The Bertz CT molecular complexity index is 3120. The summed E-state index contributed by atoms with van der Waals surface area (Å²) >= 11 is 1.80. The molecule has 1 amide bonds. The summed E-state index contributed by atoms with van der Waals surface area (Å²) in [4.78, 5) is 21.3. The summed E-state index contributed by atoms with van der Waals surface area (Å²) in [5.41, 5.74) is 11.9. The summed E-state index contributed by atoms with van der Waals surface area (Å²) in [6.07, 6.45) is 1.19. The van der Waals surface area contributed by atoms with Crippen LogP contribution in [0.15, 0.2) is 88.8 Å². The quantitative estimate of drug-likeness (QED) is 0.0431. The van der Waals surface area contributed by atoms with Gasteiger partial charge in [-0.2, -0.15) is 0 Å². The maximum absolute atomic E-state index is 15.2. The SMILES string of the molecule is CCn1c2ccc(CNCCOCCOCCOCCOCCNC(=O)COc3ccc(CCc4nc5cc(-c6c(C)noc6C)ccc5n4CCN4CCOCC4)cc3F)cc2c2ccc(-c3cc(C)cs3)cc21. The second kappa shape index (κ2) is 26.6. The van der Waals surface area contributed by atoms with Crippen molar-refractivity contribution in [2.24, 2.45) is 0 Å². The van der Waals surface area contributed by atoms with Gasteiger partial charge in [0.2, 0.25) is 0 Å². The van der Waals surface area contributed by atoms with Gasteiger partial charge in [0.25, 0.3) is 5.91 Å². The normalized spacial score (nSPS) is 13.2. The number of benzene rings is 4. The third kappa shape index (κ3) is 14.1. The number of thiophene rings is 1. The Morgan fingerprint density at radius 2 is 1.47 bits per heavy atom. The van der Waals surface area contributed by atoms with Crippen LogP contribution in [0.5, 0.6) is 5.75 Å². The molecule has 17 heteroatoms. The number of hydrogen-bond donors (Lipinski definition) is 2. The molecule has 0 radical (unpaired) electrons. The van der Waals surface area contributed by atoms with E-state index in [0.29, 0.717) is 72.2 Å². The number of amides is 1. The van der Waals surface area contributed by atoms with Crippen molar-refractivity contribution in [1.82, 2.24) is 34.8 Å².